The number of nitrogens with one attached hydrogen (secondary N) is 2. The topological polar surface area (TPSA) is 57.5 Å². The molecule has 146 valence electrons. The van der Waals surface area contributed by atoms with E-state index in [1.165, 1.54) is 70.0 Å². The number of nitrogens with zero attached hydrogens (tertiary/aromatic N) is 4. The third-order valence-electron chi connectivity index (χ3n) is 6.02. The fraction of sp³-hybridized carbons (Fsp3) is 0.800. The van der Waals surface area contributed by atoms with Gasteiger partial charge in [-0.05, 0) is 51.3 Å². The second-order valence-corrected chi connectivity index (χ2v) is 7.97. The Morgan fingerprint density at radius 1 is 1.12 bits per heavy atom. The first-order valence-corrected chi connectivity index (χ1v) is 10.4. The van der Waals surface area contributed by atoms with Crippen LogP contribution in [0.5, 0.6) is 0 Å². The van der Waals surface area contributed by atoms with Crippen LogP contribution in [0.4, 0.5) is 0 Å². The molecule has 6 heteroatoms. The second kappa shape index (κ2) is 9.40. The summed E-state index contributed by atoms with van der Waals surface area (Å²) >= 11 is 0. The summed E-state index contributed by atoms with van der Waals surface area (Å²) in [5.74, 6) is 0.913. The van der Waals surface area contributed by atoms with E-state index in [0.717, 1.165) is 25.6 Å². The number of guanidine groups is 1. The van der Waals surface area contributed by atoms with Gasteiger partial charge in [-0.3, -0.25) is 14.6 Å². The van der Waals surface area contributed by atoms with Crippen LogP contribution in [0.25, 0.3) is 0 Å². The minimum absolute atomic E-state index is 0.329. The summed E-state index contributed by atoms with van der Waals surface area (Å²) in [5.41, 5.74) is 1.53. The molecule has 1 aromatic heterocycles. The molecule has 2 N–H and O–H groups in total. The first-order chi connectivity index (χ1) is 12.7. The average molecular weight is 361 g/mol. The third kappa shape index (κ3) is 5.00. The molecule has 1 aliphatic carbocycles. The van der Waals surface area contributed by atoms with E-state index in [-0.39, 0.29) is 0 Å². The Bertz CT molecular complexity index is 567. The standard InChI is InChI=1S/C20H36N6/c1-18-15-24-26(16-18)14-11-22-19(21-2)23-17-20(9-5-3-6-10-20)25-12-7-4-8-13-25/h15-16H,3-14,17H2,1-2H3,(H2,21,22,23). The molecule has 0 atom stereocenters. The Kier molecular flexibility index (Phi) is 6.94. The maximum absolute atomic E-state index is 4.43. The fourth-order valence-electron chi connectivity index (χ4n) is 4.53. The number of aliphatic imine (C=N–C) groups is 1. The van der Waals surface area contributed by atoms with Crippen LogP contribution < -0.4 is 10.6 Å². The second-order valence-electron chi connectivity index (χ2n) is 7.97. The van der Waals surface area contributed by atoms with Crippen molar-refractivity contribution in [1.82, 2.24) is 25.3 Å². The highest BCUT2D eigenvalue weighted by molar-refractivity contribution is 5.79. The molecule has 0 unspecified atom stereocenters. The van der Waals surface area contributed by atoms with Gasteiger partial charge in [0.25, 0.3) is 0 Å². The van der Waals surface area contributed by atoms with Gasteiger partial charge in [0.05, 0.1) is 12.7 Å². The summed E-state index contributed by atoms with van der Waals surface area (Å²) in [5, 5.41) is 11.4. The molecule has 2 aliphatic rings. The van der Waals surface area contributed by atoms with Gasteiger partial charge in [0, 0.05) is 31.9 Å². The summed E-state index contributed by atoms with van der Waals surface area (Å²) < 4.78 is 1.98. The zero-order valence-corrected chi connectivity index (χ0v) is 16.6. The van der Waals surface area contributed by atoms with Crippen molar-refractivity contribution in [3.63, 3.8) is 0 Å². The van der Waals surface area contributed by atoms with Crippen LogP contribution in [0.1, 0.15) is 56.9 Å². The summed E-state index contributed by atoms with van der Waals surface area (Å²) in [6.45, 7) is 7.30. The van der Waals surface area contributed by atoms with Crippen LogP contribution in [0.2, 0.25) is 0 Å². The van der Waals surface area contributed by atoms with Crippen molar-refractivity contribution in [2.45, 2.75) is 70.4 Å². The molecule has 6 nitrogen and oxygen atoms in total. The molecule has 0 aromatic carbocycles. The summed E-state index contributed by atoms with van der Waals surface area (Å²) in [6, 6.07) is 0. The van der Waals surface area contributed by atoms with Crippen LogP contribution in [-0.2, 0) is 6.54 Å². The summed E-state index contributed by atoms with van der Waals surface area (Å²) in [4.78, 5) is 7.21. The smallest absolute Gasteiger partial charge is 0.191 e. The maximum Gasteiger partial charge on any atom is 0.191 e. The Hall–Kier alpha value is -1.56. The fourth-order valence-corrected chi connectivity index (χ4v) is 4.53. The van der Waals surface area contributed by atoms with E-state index in [0.29, 0.717) is 5.54 Å². The van der Waals surface area contributed by atoms with Gasteiger partial charge in [0.15, 0.2) is 5.96 Å². The molecular weight excluding hydrogens is 324 g/mol. The number of rotatable bonds is 6. The van der Waals surface area contributed by atoms with Crippen LogP contribution >= 0.6 is 0 Å². The molecule has 3 rings (SSSR count). The highest BCUT2D eigenvalue weighted by Crippen LogP contribution is 2.35. The van der Waals surface area contributed by atoms with E-state index in [4.69, 9.17) is 0 Å². The van der Waals surface area contributed by atoms with Crippen molar-refractivity contribution >= 4 is 5.96 Å². The number of likely N-dealkylation sites (tertiary alicyclic amines) is 1. The predicted molar refractivity (Wildman–Crippen MR) is 108 cm³/mol. The van der Waals surface area contributed by atoms with Crippen molar-refractivity contribution in [1.29, 1.82) is 0 Å². The molecule has 1 saturated carbocycles. The van der Waals surface area contributed by atoms with Crippen LogP contribution in [0.3, 0.4) is 0 Å². The van der Waals surface area contributed by atoms with Gasteiger partial charge >= 0.3 is 0 Å². The lowest BCUT2D eigenvalue weighted by Crippen LogP contribution is -2.59. The molecular formula is C20H36N6. The zero-order valence-electron chi connectivity index (χ0n) is 16.6. The molecule has 1 saturated heterocycles. The normalized spacial score (nSPS) is 21.5. The maximum atomic E-state index is 4.43. The van der Waals surface area contributed by atoms with E-state index in [1.54, 1.807) is 0 Å². The highest BCUT2D eigenvalue weighted by Gasteiger charge is 2.38. The van der Waals surface area contributed by atoms with E-state index >= 15 is 0 Å². The molecule has 2 fully saturated rings. The number of hydrogen-bond acceptors (Lipinski definition) is 3. The van der Waals surface area contributed by atoms with Crippen molar-refractivity contribution in [3.8, 4) is 0 Å². The Labute approximate surface area is 158 Å². The van der Waals surface area contributed by atoms with E-state index in [2.05, 4.69) is 38.7 Å². The lowest BCUT2D eigenvalue weighted by Gasteiger charge is -2.48. The van der Waals surface area contributed by atoms with E-state index in [1.807, 2.05) is 17.9 Å². The Balaban J connectivity index is 1.51. The predicted octanol–water partition coefficient (Wildman–Crippen LogP) is 2.55. The van der Waals surface area contributed by atoms with Crippen molar-refractivity contribution in [2.24, 2.45) is 4.99 Å². The minimum Gasteiger partial charge on any atom is -0.355 e. The number of piperidine rings is 1. The average Bonchev–Trinajstić information content (AvgIpc) is 3.11. The monoisotopic (exact) mass is 360 g/mol. The van der Waals surface area contributed by atoms with Crippen molar-refractivity contribution in [3.05, 3.63) is 18.0 Å². The minimum atomic E-state index is 0.329. The Morgan fingerprint density at radius 2 is 1.85 bits per heavy atom. The van der Waals surface area contributed by atoms with Gasteiger partial charge < -0.3 is 10.6 Å². The molecule has 0 bridgehead atoms. The number of aromatic nitrogens is 2. The zero-order chi connectivity index (χ0) is 18.2. The lowest BCUT2D eigenvalue weighted by molar-refractivity contribution is 0.0368. The first kappa shape index (κ1) is 19.2. The largest absolute Gasteiger partial charge is 0.355 e. The SMILES string of the molecule is CN=C(NCCn1cc(C)cn1)NCC1(N2CCCCC2)CCCCC1. The summed E-state index contributed by atoms with van der Waals surface area (Å²) in [6.07, 6.45) is 14.9. The van der Waals surface area contributed by atoms with Gasteiger partial charge in [-0.15, -0.1) is 0 Å². The lowest BCUT2D eigenvalue weighted by atomic mass is 9.79. The molecule has 2 heterocycles. The molecule has 0 amide bonds. The summed E-state index contributed by atoms with van der Waals surface area (Å²) in [7, 11) is 1.86. The van der Waals surface area contributed by atoms with Crippen LogP contribution in [0, 0.1) is 6.92 Å². The van der Waals surface area contributed by atoms with Crippen LogP contribution in [-0.4, -0.2) is 59.4 Å². The van der Waals surface area contributed by atoms with Crippen molar-refractivity contribution in [2.75, 3.05) is 33.2 Å². The molecule has 0 spiro atoms. The molecule has 0 radical (unpaired) electrons. The van der Waals surface area contributed by atoms with E-state index < -0.39 is 0 Å². The van der Waals surface area contributed by atoms with Crippen LogP contribution in [0.15, 0.2) is 17.4 Å². The van der Waals surface area contributed by atoms with E-state index in [9.17, 15) is 0 Å². The third-order valence-corrected chi connectivity index (χ3v) is 6.02. The molecule has 1 aliphatic heterocycles. The van der Waals surface area contributed by atoms with Gasteiger partial charge in [-0.1, -0.05) is 25.7 Å². The van der Waals surface area contributed by atoms with Gasteiger partial charge in [0.1, 0.15) is 0 Å². The number of hydrogen-bond donors (Lipinski definition) is 2. The Morgan fingerprint density at radius 3 is 2.50 bits per heavy atom. The first-order valence-electron chi connectivity index (χ1n) is 10.4. The van der Waals surface area contributed by atoms with Gasteiger partial charge in [0.2, 0.25) is 0 Å². The molecule has 1 aromatic rings. The molecule has 26 heavy (non-hydrogen) atoms. The number of aryl methyl sites for hydroxylation is 1. The highest BCUT2D eigenvalue weighted by atomic mass is 15.3. The van der Waals surface area contributed by atoms with Gasteiger partial charge in [-0.25, -0.2) is 0 Å². The van der Waals surface area contributed by atoms with Crippen molar-refractivity contribution < 1.29 is 0 Å². The quantitative estimate of drug-likeness (QED) is 0.605. The van der Waals surface area contributed by atoms with Gasteiger partial charge in [-0.2, -0.15) is 5.10 Å².